The normalized spacial score (nSPS) is 16.6. The molecule has 30 heavy (non-hydrogen) atoms. The van der Waals surface area contributed by atoms with E-state index in [1.54, 1.807) is 29.3 Å². The lowest BCUT2D eigenvalue weighted by atomic mass is 10.2. The molecule has 1 atom stereocenters. The molecule has 158 valence electrons. The predicted octanol–water partition coefficient (Wildman–Crippen LogP) is 0.957. The minimum atomic E-state index is -0.219. The van der Waals surface area contributed by atoms with Crippen molar-refractivity contribution in [2.75, 3.05) is 37.1 Å². The first-order chi connectivity index (χ1) is 14.6. The van der Waals surface area contributed by atoms with Crippen LogP contribution in [0, 0.1) is 0 Å². The summed E-state index contributed by atoms with van der Waals surface area (Å²) in [5, 5.41) is 8.64. The van der Waals surface area contributed by atoms with Crippen molar-refractivity contribution in [2.24, 2.45) is 7.05 Å². The molecule has 1 fully saturated rings. The third-order valence-electron chi connectivity index (χ3n) is 4.63. The highest BCUT2D eigenvalue weighted by Gasteiger charge is 2.23. The van der Waals surface area contributed by atoms with E-state index in [2.05, 4.69) is 20.2 Å². The average molecular weight is 432 g/mol. The van der Waals surface area contributed by atoms with Crippen molar-refractivity contribution >= 4 is 17.5 Å². The Morgan fingerprint density at radius 2 is 2.10 bits per heavy atom. The highest BCUT2D eigenvalue weighted by molar-refractivity contribution is 6.18. The molecule has 10 nitrogen and oxygen atoms in total. The van der Waals surface area contributed by atoms with Crippen LogP contribution in [0.5, 0.6) is 5.75 Å². The van der Waals surface area contributed by atoms with Crippen LogP contribution in [0.25, 0.3) is 11.3 Å². The molecule has 0 bridgehead atoms. The lowest BCUT2D eigenvalue weighted by Crippen LogP contribution is -2.46. The number of anilines is 1. The molecule has 0 spiro atoms. The zero-order valence-corrected chi connectivity index (χ0v) is 17.3. The second-order valence-corrected chi connectivity index (χ2v) is 7.21. The SMILES string of the molecule is Cn1cc(-c2ccc(=O)n(C[C@@H]3CN(c4ncc(OCCCl)cn4)CCO3)n2)cn1. The maximum atomic E-state index is 12.3. The minimum absolute atomic E-state index is 0.180. The Labute approximate surface area is 178 Å². The zero-order chi connectivity index (χ0) is 20.9. The van der Waals surface area contributed by atoms with Crippen molar-refractivity contribution < 1.29 is 9.47 Å². The van der Waals surface area contributed by atoms with Crippen LogP contribution in [-0.2, 0) is 18.3 Å². The highest BCUT2D eigenvalue weighted by Crippen LogP contribution is 2.17. The van der Waals surface area contributed by atoms with Gasteiger partial charge in [0.2, 0.25) is 5.95 Å². The summed E-state index contributed by atoms with van der Waals surface area (Å²) >= 11 is 5.62. The number of ether oxygens (including phenoxy) is 2. The number of morpholine rings is 1. The number of alkyl halides is 1. The Bertz CT molecular complexity index is 1040. The summed E-state index contributed by atoms with van der Waals surface area (Å²) in [5.74, 6) is 1.57. The van der Waals surface area contributed by atoms with E-state index in [-0.39, 0.29) is 11.7 Å². The summed E-state index contributed by atoms with van der Waals surface area (Å²) in [4.78, 5) is 23.1. The van der Waals surface area contributed by atoms with Gasteiger partial charge in [-0.15, -0.1) is 11.6 Å². The lowest BCUT2D eigenvalue weighted by Gasteiger charge is -2.32. The number of hydrogen-bond donors (Lipinski definition) is 0. The second-order valence-electron chi connectivity index (χ2n) is 6.84. The first-order valence-corrected chi connectivity index (χ1v) is 10.1. The first-order valence-electron chi connectivity index (χ1n) is 9.57. The summed E-state index contributed by atoms with van der Waals surface area (Å²) in [6.07, 6.45) is 6.61. The van der Waals surface area contributed by atoms with Crippen LogP contribution >= 0.6 is 11.6 Å². The molecule has 11 heteroatoms. The van der Waals surface area contributed by atoms with Crippen molar-refractivity contribution in [3.05, 3.63) is 47.3 Å². The van der Waals surface area contributed by atoms with Crippen LogP contribution in [0.1, 0.15) is 0 Å². The molecule has 0 radical (unpaired) electrons. The third kappa shape index (κ3) is 4.77. The fourth-order valence-corrected chi connectivity index (χ4v) is 3.27. The molecule has 3 aromatic rings. The standard InChI is InChI=1S/C19H22ClN7O3/c1-25-11-14(8-23-25)17-2-3-18(28)27(24-17)13-16-12-26(5-7-30-16)19-21-9-15(10-22-19)29-6-4-20/h2-3,8-11,16H,4-7,12-13H2,1H3/t16-/m0/s1. The maximum absolute atomic E-state index is 12.3. The molecule has 1 saturated heterocycles. The van der Waals surface area contributed by atoms with Gasteiger partial charge < -0.3 is 14.4 Å². The number of rotatable bonds is 7. The van der Waals surface area contributed by atoms with Crippen molar-refractivity contribution in [2.45, 2.75) is 12.6 Å². The van der Waals surface area contributed by atoms with E-state index in [4.69, 9.17) is 21.1 Å². The molecule has 1 aliphatic heterocycles. The van der Waals surface area contributed by atoms with Crippen LogP contribution in [-0.4, -0.2) is 67.8 Å². The summed E-state index contributed by atoms with van der Waals surface area (Å²) < 4.78 is 14.4. The molecule has 1 aliphatic rings. The van der Waals surface area contributed by atoms with Crippen molar-refractivity contribution in [3.8, 4) is 17.0 Å². The first kappa shape index (κ1) is 20.3. The molecule has 4 rings (SSSR count). The topological polar surface area (TPSA) is 100 Å². The molecule has 0 amide bonds. The van der Waals surface area contributed by atoms with Gasteiger partial charge in [-0.2, -0.15) is 10.2 Å². The van der Waals surface area contributed by atoms with E-state index in [0.29, 0.717) is 56.1 Å². The van der Waals surface area contributed by atoms with Crippen LogP contribution in [0.15, 0.2) is 41.7 Å². The number of aromatic nitrogens is 6. The van der Waals surface area contributed by atoms with Gasteiger partial charge in [0, 0.05) is 38.0 Å². The number of nitrogens with zero attached hydrogens (tertiary/aromatic N) is 7. The fourth-order valence-electron chi connectivity index (χ4n) is 3.20. The second kappa shape index (κ2) is 9.23. The summed E-state index contributed by atoms with van der Waals surface area (Å²) in [6.45, 7) is 2.46. The van der Waals surface area contributed by atoms with Gasteiger partial charge in [-0.25, -0.2) is 14.6 Å². The van der Waals surface area contributed by atoms with E-state index < -0.39 is 0 Å². The Morgan fingerprint density at radius 3 is 2.83 bits per heavy atom. The molecule has 3 aromatic heterocycles. The smallest absolute Gasteiger partial charge is 0.266 e. The summed E-state index contributed by atoms with van der Waals surface area (Å²) in [6, 6.07) is 3.21. The molecule has 0 unspecified atom stereocenters. The highest BCUT2D eigenvalue weighted by atomic mass is 35.5. The number of hydrogen-bond acceptors (Lipinski definition) is 8. The number of halogens is 1. The lowest BCUT2D eigenvalue weighted by molar-refractivity contribution is 0.0260. The Kier molecular flexibility index (Phi) is 6.24. The predicted molar refractivity (Wildman–Crippen MR) is 111 cm³/mol. The van der Waals surface area contributed by atoms with Gasteiger partial charge in [-0.3, -0.25) is 9.48 Å². The Morgan fingerprint density at radius 1 is 1.27 bits per heavy atom. The molecule has 0 aliphatic carbocycles. The fraction of sp³-hybridized carbons (Fsp3) is 0.421. The molecule has 4 heterocycles. The van der Waals surface area contributed by atoms with E-state index in [0.717, 1.165) is 5.56 Å². The largest absolute Gasteiger partial charge is 0.489 e. The zero-order valence-electron chi connectivity index (χ0n) is 16.5. The average Bonchev–Trinajstić information content (AvgIpc) is 3.21. The van der Waals surface area contributed by atoms with Crippen molar-refractivity contribution in [3.63, 3.8) is 0 Å². The van der Waals surface area contributed by atoms with Crippen molar-refractivity contribution in [1.82, 2.24) is 29.5 Å². The monoisotopic (exact) mass is 431 g/mol. The van der Waals surface area contributed by atoms with Gasteiger partial charge in [0.15, 0.2) is 5.75 Å². The third-order valence-corrected chi connectivity index (χ3v) is 4.78. The quantitative estimate of drug-likeness (QED) is 0.510. The van der Waals surface area contributed by atoms with Crippen LogP contribution in [0.3, 0.4) is 0 Å². The van der Waals surface area contributed by atoms with E-state index in [1.807, 2.05) is 18.1 Å². The molecule has 0 N–H and O–H groups in total. The van der Waals surface area contributed by atoms with Gasteiger partial charge in [-0.05, 0) is 6.07 Å². The van der Waals surface area contributed by atoms with E-state index >= 15 is 0 Å². The maximum Gasteiger partial charge on any atom is 0.266 e. The summed E-state index contributed by atoms with van der Waals surface area (Å²) in [7, 11) is 1.84. The van der Waals surface area contributed by atoms with Gasteiger partial charge in [0.25, 0.3) is 5.56 Å². The number of aryl methyl sites for hydroxylation is 1. The molecule has 0 aromatic carbocycles. The molecular weight excluding hydrogens is 410 g/mol. The van der Waals surface area contributed by atoms with Gasteiger partial charge >= 0.3 is 0 Å². The Balaban J connectivity index is 1.44. The van der Waals surface area contributed by atoms with Crippen LogP contribution in [0.2, 0.25) is 0 Å². The van der Waals surface area contributed by atoms with Crippen LogP contribution < -0.4 is 15.2 Å². The molecule has 0 saturated carbocycles. The summed E-state index contributed by atoms with van der Waals surface area (Å²) in [5.41, 5.74) is 1.36. The van der Waals surface area contributed by atoms with E-state index in [9.17, 15) is 4.79 Å². The minimum Gasteiger partial charge on any atom is -0.489 e. The van der Waals surface area contributed by atoms with Gasteiger partial charge in [0.1, 0.15) is 6.61 Å². The van der Waals surface area contributed by atoms with Crippen LogP contribution in [0.4, 0.5) is 5.95 Å². The Hall–Kier alpha value is -2.98. The van der Waals surface area contributed by atoms with E-state index in [1.165, 1.54) is 10.7 Å². The van der Waals surface area contributed by atoms with Gasteiger partial charge in [-0.1, -0.05) is 0 Å². The van der Waals surface area contributed by atoms with Gasteiger partial charge in [0.05, 0.1) is 49.4 Å². The molecular formula is C19H22ClN7O3. The van der Waals surface area contributed by atoms with Crippen molar-refractivity contribution in [1.29, 1.82) is 0 Å².